The number of nitrogens with one attached hydrogen (secondary N) is 1. The molecule has 1 N–H and O–H groups in total. The predicted octanol–water partition coefficient (Wildman–Crippen LogP) is 3.03. The molecule has 1 aromatic heterocycles. The van der Waals surface area contributed by atoms with Crippen molar-refractivity contribution in [2.45, 2.75) is 52.0 Å². The van der Waals surface area contributed by atoms with Gasteiger partial charge in [0.1, 0.15) is 0 Å². The summed E-state index contributed by atoms with van der Waals surface area (Å²) in [6.07, 6.45) is 6.24. The summed E-state index contributed by atoms with van der Waals surface area (Å²) in [5.41, 5.74) is 1.27. The fourth-order valence-corrected chi connectivity index (χ4v) is 2.53. The van der Waals surface area contributed by atoms with Crippen LogP contribution in [0.25, 0.3) is 0 Å². The molecule has 1 aliphatic carbocycles. The summed E-state index contributed by atoms with van der Waals surface area (Å²) < 4.78 is 0. The fourth-order valence-electron chi connectivity index (χ4n) is 1.68. The summed E-state index contributed by atoms with van der Waals surface area (Å²) in [5, 5.41) is 7.07. The van der Waals surface area contributed by atoms with Gasteiger partial charge in [-0.2, -0.15) is 0 Å². The standard InChI is InChI=1S/C13H22N2S/c1-10(2)3-6-13-15-12(9-16-13)7-8-14-11-4-5-11/h9-11,14H,3-8H2,1-2H3. The van der Waals surface area contributed by atoms with Crippen LogP contribution in [0.15, 0.2) is 5.38 Å². The van der Waals surface area contributed by atoms with Crippen LogP contribution in [0.5, 0.6) is 0 Å². The Hall–Kier alpha value is -0.410. The molecule has 1 aromatic rings. The second-order valence-electron chi connectivity index (χ2n) is 5.14. The number of hydrogen-bond acceptors (Lipinski definition) is 3. The minimum absolute atomic E-state index is 0.781. The molecule has 0 spiro atoms. The zero-order valence-electron chi connectivity index (χ0n) is 10.3. The summed E-state index contributed by atoms with van der Waals surface area (Å²) in [5.74, 6) is 0.781. The minimum Gasteiger partial charge on any atom is -0.314 e. The average molecular weight is 238 g/mol. The van der Waals surface area contributed by atoms with Gasteiger partial charge in [0.05, 0.1) is 10.7 Å². The molecule has 2 rings (SSSR count). The van der Waals surface area contributed by atoms with Crippen LogP contribution in [0.3, 0.4) is 0 Å². The van der Waals surface area contributed by atoms with Crippen molar-refractivity contribution in [2.24, 2.45) is 5.92 Å². The van der Waals surface area contributed by atoms with Gasteiger partial charge in [-0.3, -0.25) is 0 Å². The number of thiazole rings is 1. The summed E-state index contributed by atoms with van der Waals surface area (Å²) in [4.78, 5) is 4.68. The van der Waals surface area contributed by atoms with E-state index < -0.39 is 0 Å². The molecule has 0 atom stereocenters. The van der Waals surface area contributed by atoms with Gasteiger partial charge in [-0.05, 0) is 31.6 Å². The molecule has 0 aliphatic heterocycles. The second-order valence-corrected chi connectivity index (χ2v) is 6.09. The smallest absolute Gasteiger partial charge is 0.0928 e. The molecular formula is C13H22N2S. The average Bonchev–Trinajstić information content (AvgIpc) is 2.94. The van der Waals surface area contributed by atoms with E-state index in [4.69, 9.17) is 0 Å². The Labute approximate surface area is 102 Å². The molecule has 0 amide bonds. The molecular weight excluding hydrogens is 216 g/mol. The van der Waals surface area contributed by atoms with Crippen LogP contribution < -0.4 is 5.32 Å². The maximum absolute atomic E-state index is 4.68. The van der Waals surface area contributed by atoms with Crippen molar-refractivity contribution >= 4 is 11.3 Å². The van der Waals surface area contributed by atoms with Crippen LogP contribution in [0, 0.1) is 5.92 Å². The summed E-state index contributed by atoms with van der Waals surface area (Å²) in [7, 11) is 0. The zero-order chi connectivity index (χ0) is 11.4. The van der Waals surface area contributed by atoms with E-state index in [1.807, 2.05) is 11.3 Å². The van der Waals surface area contributed by atoms with Crippen LogP contribution in [-0.2, 0) is 12.8 Å². The zero-order valence-corrected chi connectivity index (χ0v) is 11.1. The summed E-state index contributed by atoms with van der Waals surface area (Å²) >= 11 is 1.83. The van der Waals surface area contributed by atoms with E-state index in [2.05, 4.69) is 29.5 Å². The highest BCUT2D eigenvalue weighted by Crippen LogP contribution is 2.19. The molecule has 1 saturated carbocycles. The van der Waals surface area contributed by atoms with Gasteiger partial charge < -0.3 is 5.32 Å². The first-order chi connectivity index (χ1) is 7.74. The first kappa shape index (κ1) is 12.1. The van der Waals surface area contributed by atoms with E-state index in [0.29, 0.717) is 0 Å². The predicted molar refractivity (Wildman–Crippen MR) is 70.0 cm³/mol. The van der Waals surface area contributed by atoms with Gasteiger partial charge in [0.2, 0.25) is 0 Å². The Balaban J connectivity index is 1.68. The third kappa shape index (κ3) is 4.22. The lowest BCUT2D eigenvalue weighted by Gasteiger charge is -2.01. The van der Waals surface area contributed by atoms with E-state index >= 15 is 0 Å². The summed E-state index contributed by atoms with van der Waals surface area (Å²) in [6, 6.07) is 0.819. The first-order valence-corrected chi connectivity index (χ1v) is 7.28. The van der Waals surface area contributed by atoms with Crippen molar-refractivity contribution in [3.05, 3.63) is 16.1 Å². The van der Waals surface area contributed by atoms with Crippen LogP contribution in [0.2, 0.25) is 0 Å². The number of aryl methyl sites for hydroxylation is 1. The Morgan fingerprint density at radius 2 is 2.25 bits per heavy atom. The number of aromatic nitrogens is 1. The minimum atomic E-state index is 0.781. The van der Waals surface area contributed by atoms with Gasteiger partial charge in [-0.1, -0.05) is 13.8 Å². The second kappa shape index (κ2) is 5.78. The van der Waals surface area contributed by atoms with Gasteiger partial charge in [0.15, 0.2) is 0 Å². The molecule has 1 aliphatic rings. The van der Waals surface area contributed by atoms with Gasteiger partial charge >= 0.3 is 0 Å². The van der Waals surface area contributed by atoms with Crippen molar-refractivity contribution in [3.8, 4) is 0 Å². The number of rotatable bonds is 7. The fraction of sp³-hybridized carbons (Fsp3) is 0.769. The van der Waals surface area contributed by atoms with Crippen LogP contribution in [0.1, 0.15) is 43.8 Å². The quantitative estimate of drug-likeness (QED) is 0.790. The van der Waals surface area contributed by atoms with Gasteiger partial charge in [-0.25, -0.2) is 4.98 Å². The number of hydrogen-bond donors (Lipinski definition) is 1. The Morgan fingerprint density at radius 1 is 1.44 bits per heavy atom. The normalized spacial score (nSPS) is 15.9. The molecule has 2 nitrogen and oxygen atoms in total. The lowest BCUT2D eigenvalue weighted by atomic mass is 10.1. The van der Waals surface area contributed by atoms with Crippen molar-refractivity contribution in [1.82, 2.24) is 10.3 Å². The van der Waals surface area contributed by atoms with E-state index in [0.717, 1.165) is 31.3 Å². The molecule has 0 radical (unpaired) electrons. The van der Waals surface area contributed by atoms with E-state index in [9.17, 15) is 0 Å². The van der Waals surface area contributed by atoms with Gasteiger partial charge in [0.25, 0.3) is 0 Å². The molecule has 90 valence electrons. The van der Waals surface area contributed by atoms with Crippen molar-refractivity contribution in [3.63, 3.8) is 0 Å². The monoisotopic (exact) mass is 238 g/mol. The highest BCUT2D eigenvalue weighted by atomic mass is 32.1. The third-order valence-electron chi connectivity index (χ3n) is 2.93. The number of nitrogens with zero attached hydrogens (tertiary/aromatic N) is 1. The Kier molecular flexibility index (Phi) is 4.36. The van der Waals surface area contributed by atoms with Crippen molar-refractivity contribution in [1.29, 1.82) is 0 Å². The van der Waals surface area contributed by atoms with Crippen LogP contribution in [-0.4, -0.2) is 17.6 Å². The van der Waals surface area contributed by atoms with Crippen LogP contribution >= 0.6 is 11.3 Å². The SMILES string of the molecule is CC(C)CCc1nc(CCNC2CC2)cs1. The van der Waals surface area contributed by atoms with E-state index in [-0.39, 0.29) is 0 Å². The highest BCUT2D eigenvalue weighted by molar-refractivity contribution is 7.09. The molecule has 0 bridgehead atoms. The largest absolute Gasteiger partial charge is 0.314 e. The topological polar surface area (TPSA) is 24.9 Å². The Bertz CT molecular complexity index is 315. The lowest BCUT2D eigenvalue weighted by molar-refractivity contribution is 0.584. The summed E-state index contributed by atoms with van der Waals surface area (Å²) in [6.45, 7) is 5.64. The van der Waals surface area contributed by atoms with E-state index in [1.165, 1.54) is 30.0 Å². The molecule has 0 aromatic carbocycles. The molecule has 0 saturated heterocycles. The van der Waals surface area contributed by atoms with Gasteiger partial charge in [0, 0.05) is 24.4 Å². The molecule has 3 heteroatoms. The van der Waals surface area contributed by atoms with Crippen LogP contribution in [0.4, 0.5) is 0 Å². The van der Waals surface area contributed by atoms with Crippen molar-refractivity contribution < 1.29 is 0 Å². The molecule has 1 heterocycles. The van der Waals surface area contributed by atoms with E-state index in [1.54, 1.807) is 0 Å². The maximum atomic E-state index is 4.68. The Morgan fingerprint density at radius 3 is 2.94 bits per heavy atom. The highest BCUT2D eigenvalue weighted by Gasteiger charge is 2.19. The molecule has 0 unspecified atom stereocenters. The van der Waals surface area contributed by atoms with Crippen molar-refractivity contribution in [2.75, 3.05) is 6.54 Å². The third-order valence-corrected chi connectivity index (χ3v) is 3.88. The molecule has 1 fully saturated rings. The van der Waals surface area contributed by atoms with Gasteiger partial charge in [-0.15, -0.1) is 11.3 Å². The molecule has 16 heavy (non-hydrogen) atoms. The lowest BCUT2D eigenvalue weighted by Crippen LogP contribution is -2.19. The first-order valence-electron chi connectivity index (χ1n) is 6.40. The maximum Gasteiger partial charge on any atom is 0.0928 e.